The maximum atomic E-state index is 14.2. The summed E-state index contributed by atoms with van der Waals surface area (Å²) < 4.78 is 80.0. The van der Waals surface area contributed by atoms with Gasteiger partial charge >= 0.3 is 6.18 Å². The minimum absolute atomic E-state index is 0.140. The maximum Gasteiger partial charge on any atom is 0.419 e. The van der Waals surface area contributed by atoms with Gasteiger partial charge in [-0.2, -0.15) is 13.2 Å². The number of nitrogens with two attached hydrogens (primary N) is 1. The highest BCUT2D eigenvalue weighted by Gasteiger charge is 2.36. The molecule has 1 aliphatic rings. The number of halogens is 4. The molecule has 0 aromatic heterocycles. The van der Waals surface area contributed by atoms with E-state index in [1.54, 1.807) is 0 Å². The number of benzene rings is 1. The summed E-state index contributed by atoms with van der Waals surface area (Å²) in [5, 5.41) is 4.03. The van der Waals surface area contributed by atoms with E-state index in [1.165, 1.54) is 18.2 Å². The average Bonchev–Trinajstić information content (AvgIpc) is 2.45. The number of ether oxygens (including phenoxy) is 2. The van der Waals surface area contributed by atoms with E-state index in [9.17, 15) is 17.6 Å². The Morgan fingerprint density at radius 1 is 1.30 bits per heavy atom. The van der Waals surface area contributed by atoms with Gasteiger partial charge in [-0.15, -0.1) is 0 Å². The lowest BCUT2D eigenvalue weighted by atomic mass is 9.98. The van der Waals surface area contributed by atoms with Gasteiger partial charge in [-0.05, 0) is 12.1 Å². The van der Waals surface area contributed by atoms with Crippen LogP contribution in [0.4, 0.5) is 17.6 Å². The molecule has 5 nitrogen and oxygen atoms in total. The van der Waals surface area contributed by atoms with E-state index in [0.717, 1.165) is 6.07 Å². The first-order valence-corrected chi connectivity index (χ1v) is 7.67. The van der Waals surface area contributed by atoms with Crippen molar-refractivity contribution < 1.29 is 35.8 Å². The van der Waals surface area contributed by atoms with Crippen molar-refractivity contribution in [3.05, 3.63) is 29.8 Å². The van der Waals surface area contributed by atoms with Crippen LogP contribution >= 0.6 is 0 Å². The Hall–Kier alpha value is -1.23. The summed E-state index contributed by atoms with van der Waals surface area (Å²) in [5.74, 6) is -0.335. The van der Waals surface area contributed by atoms with Gasteiger partial charge in [-0.1, -0.05) is 12.1 Å². The lowest BCUT2D eigenvalue weighted by Crippen LogP contribution is -2.37. The fourth-order valence-corrected chi connectivity index (χ4v) is 1.92. The monoisotopic (exact) mass is 358 g/mol. The maximum absolute atomic E-state index is 14.2. The first kappa shape index (κ1) is 19.8. The van der Waals surface area contributed by atoms with Crippen LogP contribution in [-0.4, -0.2) is 34.3 Å². The summed E-state index contributed by atoms with van der Waals surface area (Å²) in [5.41, 5.74) is -2.50. The second-order valence-electron chi connectivity index (χ2n) is 4.81. The van der Waals surface area contributed by atoms with Gasteiger partial charge in [0.1, 0.15) is 18.0 Å². The fourth-order valence-electron chi connectivity index (χ4n) is 1.92. The Morgan fingerprint density at radius 3 is 2.35 bits per heavy atom. The van der Waals surface area contributed by atoms with Crippen molar-refractivity contribution in [3.8, 4) is 5.75 Å². The van der Waals surface area contributed by atoms with Gasteiger partial charge in [0.25, 0.3) is 0 Å². The van der Waals surface area contributed by atoms with E-state index >= 15 is 0 Å². The zero-order valence-corrected chi connectivity index (χ0v) is 12.8. The predicted molar refractivity (Wildman–Crippen MR) is 73.9 cm³/mol. The molecular weight excluding hydrogens is 342 g/mol. The van der Waals surface area contributed by atoms with Gasteiger partial charge in [0, 0.05) is 37.3 Å². The molecule has 2 N–H and O–H groups in total. The molecule has 132 valence electrons. The van der Waals surface area contributed by atoms with Gasteiger partial charge < -0.3 is 14.0 Å². The van der Waals surface area contributed by atoms with E-state index in [-0.39, 0.29) is 38.4 Å². The SMILES string of the molecule is FC1(COc2ccccc2C(F)(F)F)CCOCC1.NS(=O)[O-]. The van der Waals surface area contributed by atoms with Crippen LogP contribution in [0.5, 0.6) is 5.75 Å². The van der Waals surface area contributed by atoms with Gasteiger partial charge in [-0.3, -0.25) is 9.35 Å². The molecule has 1 aliphatic heterocycles. The molecule has 1 fully saturated rings. The summed E-state index contributed by atoms with van der Waals surface area (Å²) in [4.78, 5) is 0. The molecule has 0 saturated carbocycles. The van der Waals surface area contributed by atoms with Crippen molar-refractivity contribution in [2.45, 2.75) is 24.7 Å². The quantitative estimate of drug-likeness (QED) is 0.664. The fraction of sp³-hybridized carbons (Fsp3) is 0.538. The third kappa shape index (κ3) is 7.25. The van der Waals surface area contributed by atoms with Crippen LogP contribution < -0.4 is 9.88 Å². The molecule has 1 saturated heterocycles. The Kier molecular flexibility index (Phi) is 7.39. The van der Waals surface area contributed by atoms with E-state index in [2.05, 4.69) is 5.14 Å². The molecule has 1 heterocycles. The summed E-state index contributed by atoms with van der Waals surface area (Å²) in [7, 11) is 0. The molecule has 0 amide bonds. The molecule has 10 heteroatoms. The van der Waals surface area contributed by atoms with Crippen molar-refractivity contribution in [1.82, 2.24) is 0 Å². The molecule has 2 rings (SSSR count). The Morgan fingerprint density at radius 2 is 1.83 bits per heavy atom. The Labute approximate surface area is 133 Å². The van der Waals surface area contributed by atoms with Gasteiger partial charge in [-0.25, -0.2) is 4.39 Å². The zero-order valence-electron chi connectivity index (χ0n) is 12.0. The van der Waals surface area contributed by atoms with E-state index in [4.69, 9.17) is 18.2 Å². The molecule has 1 aromatic rings. The van der Waals surface area contributed by atoms with Gasteiger partial charge in [0.2, 0.25) is 0 Å². The molecule has 0 aliphatic carbocycles. The number of alkyl halides is 4. The van der Waals surface area contributed by atoms with Gasteiger partial charge in [0.05, 0.1) is 5.56 Å². The summed E-state index contributed by atoms with van der Waals surface area (Å²) in [6, 6.07) is 4.82. The van der Waals surface area contributed by atoms with Crippen molar-refractivity contribution in [3.63, 3.8) is 0 Å². The number of para-hydroxylation sites is 1. The molecule has 0 radical (unpaired) electrons. The zero-order chi connectivity index (χ0) is 17.5. The number of rotatable bonds is 3. The predicted octanol–water partition coefficient (Wildman–Crippen LogP) is 2.34. The molecular formula is C13H16F4NO4S-. The largest absolute Gasteiger partial charge is 0.760 e. The molecule has 1 atom stereocenters. The van der Waals surface area contributed by atoms with Gasteiger partial charge in [0.15, 0.2) is 0 Å². The minimum Gasteiger partial charge on any atom is -0.760 e. The first-order chi connectivity index (χ1) is 10.6. The molecule has 1 unspecified atom stereocenters. The molecule has 0 bridgehead atoms. The Balaban J connectivity index is 0.000000593. The summed E-state index contributed by atoms with van der Waals surface area (Å²) in [6.45, 7) is 0.144. The van der Waals surface area contributed by atoms with Crippen LogP contribution in [0.25, 0.3) is 0 Å². The standard InChI is InChI=1S/C13H14F4O2.H3NO2S/c14-12(5-7-18-8-6-12)9-19-11-4-2-1-3-10(11)13(15,16)17;1-4(2)3/h1-4H,5-9H2;1H2,(H,2,3)/p-1. The third-order valence-corrected chi connectivity index (χ3v) is 3.07. The van der Waals surface area contributed by atoms with Crippen LogP contribution in [0.2, 0.25) is 0 Å². The topological polar surface area (TPSA) is 84.6 Å². The lowest BCUT2D eigenvalue weighted by Gasteiger charge is -2.29. The van der Waals surface area contributed by atoms with Crippen LogP contribution in [0.15, 0.2) is 24.3 Å². The van der Waals surface area contributed by atoms with Crippen molar-refractivity contribution in [2.75, 3.05) is 19.8 Å². The normalized spacial score (nSPS) is 18.5. The third-order valence-electron chi connectivity index (χ3n) is 3.07. The second-order valence-corrected chi connectivity index (χ2v) is 5.33. The summed E-state index contributed by atoms with van der Waals surface area (Å²) >= 11 is -2.36. The van der Waals surface area contributed by atoms with E-state index in [1.807, 2.05) is 0 Å². The van der Waals surface area contributed by atoms with E-state index in [0.29, 0.717) is 0 Å². The molecule has 0 spiro atoms. The van der Waals surface area contributed by atoms with E-state index < -0.39 is 28.7 Å². The molecule has 23 heavy (non-hydrogen) atoms. The smallest absolute Gasteiger partial charge is 0.419 e. The van der Waals surface area contributed by atoms with Crippen molar-refractivity contribution in [1.29, 1.82) is 0 Å². The van der Waals surface area contributed by atoms with Crippen molar-refractivity contribution >= 4 is 11.3 Å². The van der Waals surface area contributed by atoms with Crippen LogP contribution in [0.3, 0.4) is 0 Å². The molecule has 1 aromatic carbocycles. The minimum atomic E-state index is -4.50. The average molecular weight is 358 g/mol. The number of hydrogen-bond acceptors (Lipinski definition) is 4. The number of hydrogen-bond donors (Lipinski definition) is 1. The van der Waals surface area contributed by atoms with Crippen LogP contribution in [0.1, 0.15) is 18.4 Å². The highest BCUT2D eigenvalue weighted by Crippen LogP contribution is 2.36. The lowest BCUT2D eigenvalue weighted by molar-refractivity contribution is -0.139. The van der Waals surface area contributed by atoms with Crippen LogP contribution in [-0.2, 0) is 22.2 Å². The highest BCUT2D eigenvalue weighted by molar-refractivity contribution is 7.76. The second kappa shape index (κ2) is 8.57. The summed E-state index contributed by atoms with van der Waals surface area (Å²) in [6.07, 6.45) is -4.22. The Bertz CT molecular complexity index is 517. The highest BCUT2D eigenvalue weighted by atomic mass is 32.2. The van der Waals surface area contributed by atoms with Crippen molar-refractivity contribution in [2.24, 2.45) is 5.14 Å². The first-order valence-electron chi connectivity index (χ1n) is 6.53. The van der Waals surface area contributed by atoms with Crippen LogP contribution in [0, 0.1) is 0 Å².